The lowest BCUT2D eigenvalue weighted by Crippen LogP contribution is -1.94. The van der Waals surface area contributed by atoms with Gasteiger partial charge in [0, 0.05) is 23.5 Å². The summed E-state index contributed by atoms with van der Waals surface area (Å²) in [6, 6.07) is 13.7. The molecule has 4 aromatic heterocycles. The van der Waals surface area contributed by atoms with E-state index in [0.29, 0.717) is 33.5 Å². The Bertz CT molecular complexity index is 1650. The quantitative estimate of drug-likeness (QED) is 0.365. The van der Waals surface area contributed by atoms with Crippen molar-refractivity contribution in [1.29, 1.82) is 0 Å². The molecule has 0 aliphatic heterocycles. The van der Waals surface area contributed by atoms with E-state index >= 15 is 4.39 Å². The topological polar surface area (TPSA) is 83.1 Å². The number of hydrogen-bond acceptors (Lipinski definition) is 4. The van der Waals surface area contributed by atoms with Crippen LogP contribution in [0.15, 0.2) is 67.1 Å². The predicted octanol–water partition coefficient (Wildman–Crippen LogP) is 5.82. The number of rotatable bonds is 3. The van der Waals surface area contributed by atoms with Gasteiger partial charge in [-0.3, -0.25) is 15.1 Å². The van der Waals surface area contributed by atoms with Crippen LogP contribution in [0.25, 0.3) is 55.8 Å². The van der Waals surface area contributed by atoms with Gasteiger partial charge < -0.3 is 4.98 Å². The molecule has 0 bridgehead atoms. The Kier molecular flexibility index (Phi) is 4.26. The molecule has 160 valence electrons. The molecule has 0 spiro atoms. The van der Waals surface area contributed by atoms with E-state index in [9.17, 15) is 4.39 Å². The molecule has 0 aliphatic rings. The highest BCUT2D eigenvalue weighted by atomic mass is 19.1. The van der Waals surface area contributed by atoms with Crippen LogP contribution in [-0.2, 0) is 0 Å². The number of fused-ring (bicyclic) bond motifs is 2. The summed E-state index contributed by atoms with van der Waals surface area (Å²) in [7, 11) is 0. The van der Waals surface area contributed by atoms with Crippen LogP contribution in [0.5, 0.6) is 0 Å². The number of nitrogens with one attached hydrogen (secondary N) is 2. The highest BCUT2D eigenvalue weighted by molar-refractivity contribution is 5.98. The van der Waals surface area contributed by atoms with Crippen molar-refractivity contribution in [3.05, 3.63) is 84.3 Å². The molecule has 4 heterocycles. The van der Waals surface area contributed by atoms with E-state index in [4.69, 9.17) is 4.98 Å². The summed E-state index contributed by atoms with van der Waals surface area (Å²) in [4.78, 5) is 16.4. The normalized spacial score (nSPS) is 11.5. The number of halogens is 2. The largest absolute Gasteiger partial charge is 0.337 e. The van der Waals surface area contributed by atoms with Gasteiger partial charge in [0.1, 0.15) is 17.2 Å². The maximum Gasteiger partial charge on any atom is 0.161 e. The molecule has 0 aliphatic carbocycles. The smallest absolute Gasteiger partial charge is 0.161 e. The van der Waals surface area contributed by atoms with Gasteiger partial charge in [0.15, 0.2) is 11.6 Å². The maximum absolute atomic E-state index is 15.7. The molecule has 6 nitrogen and oxygen atoms in total. The first kappa shape index (κ1) is 19.2. The molecule has 6 rings (SSSR count). The van der Waals surface area contributed by atoms with E-state index in [-0.39, 0.29) is 11.5 Å². The number of imidazole rings is 1. The zero-order valence-electron chi connectivity index (χ0n) is 17.4. The molecule has 0 radical (unpaired) electrons. The van der Waals surface area contributed by atoms with Crippen molar-refractivity contribution < 1.29 is 8.78 Å². The molecular formula is C25H16F2N6. The molecule has 0 amide bonds. The van der Waals surface area contributed by atoms with Gasteiger partial charge in [0.25, 0.3) is 0 Å². The highest BCUT2D eigenvalue weighted by Gasteiger charge is 2.21. The zero-order valence-corrected chi connectivity index (χ0v) is 17.4. The Hall–Kier alpha value is -4.46. The summed E-state index contributed by atoms with van der Waals surface area (Å²) in [6.07, 6.45) is 4.82. The van der Waals surface area contributed by atoms with E-state index in [1.165, 1.54) is 12.1 Å². The monoisotopic (exact) mass is 438 g/mol. The van der Waals surface area contributed by atoms with Crippen molar-refractivity contribution in [2.75, 3.05) is 0 Å². The fourth-order valence-corrected chi connectivity index (χ4v) is 4.05. The summed E-state index contributed by atoms with van der Waals surface area (Å²) in [5.74, 6) is -0.378. The van der Waals surface area contributed by atoms with Crippen molar-refractivity contribution >= 4 is 21.9 Å². The molecule has 2 aromatic carbocycles. The second kappa shape index (κ2) is 7.30. The van der Waals surface area contributed by atoms with E-state index in [0.717, 1.165) is 22.2 Å². The van der Waals surface area contributed by atoms with Crippen molar-refractivity contribution in [3.8, 4) is 33.9 Å². The predicted molar refractivity (Wildman–Crippen MR) is 122 cm³/mol. The second-order valence-electron chi connectivity index (χ2n) is 7.77. The lowest BCUT2D eigenvalue weighted by Gasteiger charge is -2.06. The zero-order chi connectivity index (χ0) is 22.5. The van der Waals surface area contributed by atoms with Crippen LogP contribution in [0.2, 0.25) is 0 Å². The molecule has 33 heavy (non-hydrogen) atoms. The van der Waals surface area contributed by atoms with Crippen molar-refractivity contribution in [2.45, 2.75) is 6.92 Å². The number of pyridine rings is 2. The number of aryl methyl sites for hydroxylation is 1. The van der Waals surface area contributed by atoms with Crippen LogP contribution >= 0.6 is 0 Å². The average Bonchev–Trinajstić information content (AvgIpc) is 3.45. The Morgan fingerprint density at radius 2 is 1.70 bits per heavy atom. The lowest BCUT2D eigenvalue weighted by molar-refractivity contribution is 0.628. The summed E-state index contributed by atoms with van der Waals surface area (Å²) in [5.41, 5.74) is 5.63. The fraction of sp³-hybridized carbons (Fsp3) is 0.0400. The van der Waals surface area contributed by atoms with Crippen LogP contribution in [0.3, 0.4) is 0 Å². The molecule has 0 saturated heterocycles. The standard InChI is InChI=1S/C25H16F2N6/c1-13-9-10-28-11-17(13)23-21(27)20-19(12-29-23)32-33-24(20)25-30-18-4-2-3-16(22(18)31-25)14-5-7-15(26)8-6-14/h2-12H,1H3,(H,30,31)(H,32,33). The Labute approximate surface area is 186 Å². The van der Waals surface area contributed by atoms with E-state index in [1.54, 1.807) is 30.7 Å². The van der Waals surface area contributed by atoms with Crippen LogP contribution in [0.1, 0.15) is 5.56 Å². The van der Waals surface area contributed by atoms with Gasteiger partial charge in [-0.25, -0.2) is 13.8 Å². The van der Waals surface area contributed by atoms with E-state index in [2.05, 4.69) is 25.1 Å². The first-order valence-corrected chi connectivity index (χ1v) is 10.3. The molecule has 6 aromatic rings. The minimum absolute atomic E-state index is 0.207. The number of para-hydroxylation sites is 1. The van der Waals surface area contributed by atoms with Crippen LogP contribution in [-0.4, -0.2) is 30.1 Å². The molecule has 0 unspecified atom stereocenters. The van der Waals surface area contributed by atoms with Gasteiger partial charge in [-0.2, -0.15) is 5.10 Å². The minimum atomic E-state index is -0.494. The van der Waals surface area contributed by atoms with Gasteiger partial charge in [0.05, 0.1) is 28.1 Å². The van der Waals surface area contributed by atoms with Gasteiger partial charge in [-0.1, -0.05) is 24.3 Å². The average molecular weight is 438 g/mol. The Morgan fingerprint density at radius 3 is 2.52 bits per heavy atom. The van der Waals surface area contributed by atoms with Gasteiger partial charge in [-0.05, 0) is 42.3 Å². The third-order valence-corrected chi connectivity index (χ3v) is 5.73. The fourth-order valence-electron chi connectivity index (χ4n) is 4.05. The van der Waals surface area contributed by atoms with Crippen LogP contribution < -0.4 is 0 Å². The number of aromatic nitrogens is 6. The van der Waals surface area contributed by atoms with E-state index in [1.807, 2.05) is 31.2 Å². The van der Waals surface area contributed by atoms with Crippen molar-refractivity contribution in [2.24, 2.45) is 0 Å². The maximum atomic E-state index is 15.7. The number of benzene rings is 2. The van der Waals surface area contributed by atoms with Crippen molar-refractivity contribution in [1.82, 2.24) is 30.1 Å². The van der Waals surface area contributed by atoms with Gasteiger partial charge >= 0.3 is 0 Å². The SMILES string of the molecule is Cc1ccncc1-c1ncc2[nH]nc(-c3nc4c(-c5ccc(F)cc5)cccc4[nH]3)c2c1F. The second-order valence-corrected chi connectivity index (χ2v) is 7.77. The first-order chi connectivity index (χ1) is 16.1. The summed E-state index contributed by atoms with van der Waals surface area (Å²) >= 11 is 0. The number of nitrogens with zero attached hydrogens (tertiary/aromatic N) is 4. The number of hydrogen-bond donors (Lipinski definition) is 2. The molecule has 0 saturated carbocycles. The molecule has 8 heteroatoms. The van der Waals surface area contributed by atoms with Crippen LogP contribution in [0.4, 0.5) is 8.78 Å². The first-order valence-electron chi connectivity index (χ1n) is 10.3. The van der Waals surface area contributed by atoms with E-state index < -0.39 is 5.82 Å². The number of aromatic amines is 2. The Balaban J connectivity index is 1.55. The summed E-state index contributed by atoms with van der Waals surface area (Å²) in [5, 5.41) is 7.47. The highest BCUT2D eigenvalue weighted by Crippen LogP contribution is 2.35. The van der Waals surface area contributed by atoms with Gasteiger partial charge in [-0.15, -0.1) is 0 Å². The van der Waals surface area contributed by atoms with Crippen LogP contribution in [0, 0.1) is 18.6 Å². The number of H-pyrrole nitrogens is 2. The van der Waals surface area contributed by atoms with Crippen molar-refractivity contribution in [3.63, 3.8) is 0 Å². The lowest BCUT2D eigenvalue weighted by atomic mass is 10.0. The third-order valence-electron chi connectivity index (χ3n) is 5.73. The Morgan fingerprint density at radius 1 is 0.848 bits per heavy atom. The molecule has 0 fully saturated rings. The molecule has 2 N–H and O–H groups in total. The van der Waals surface area contributed by atoms with Gasteiger partial charge in [0.2, 0.25) is 0 Å². The summed E-state index contributed by atoms with van der Waals surface area (Å²) < 4.78 is 29.1. The molecule has 0 atom stereocenters. The third kappa shape index (κ3) is 3.07. The molecular weight excluding hydrogens is 422 g/mol. The summed E-state index contributed by atoms with van der Waals surface area (Å²) in [6.45, 7) is 1.88. The minimum Gasteiger partial charge on any atom is -0.337 e.